The number of benzene rings is 1. The molecular formula is C20H29IN4O2. The Kier molecular flexibility index (Phi) is 11.2. The number of hydrogen-bond acceptors (Lipinski definition) is 4. The summed E-state index contributed by atoms with van der Waals surface area (Å²) in [6.07, 6.45) is 2.64. The molecule has 0 aliphatic heterocycles. The van der Waals surface area contributed by atoms with Gasteiger partial charge in [-0.05, 0) is 50.1 Å². The van der Waals surface area contributed by atoms with E-state index in [1.165, 1.54) is 5.56 Å². The van der Waals surface area contributed by atoms with Crippen LogP contribution in [0.25, 0.3) is 0 Å². The molecule has 148 valence electrons. The summed E-state index contributed by atoms with van der Waals surface area (Å²) in [5.74, 6) is 2.34. The molecule has 0 radical (unpaired) electrons. The van der Waals surface area contributed by atoms with Crippen LogP contribution in [0.5, 0.6) is 11.5 Å². The van der Waals surface area contributed by atoms with Crippen molar-refractivity contribution >= 4 is 29.9 Å². The van der Waals surface area contributed by atoms with E-state index in [0.29, 0.717) is 19.8 Å². The van der Waals surface area contributed by atoms with Crippen LogP contribution >= 0.6 is 24.0 Å². The molecule has 0 atom stereocenters. The monoisotopic (exact) mass is 484 g/mol. The molecule has 2 rings (SSSR count). The average Bonchev–Trinajstić information content (AvgIpc) is 2.67. The van der Waals surface area contributed by atoms with Crippen LogP contribution in [0.2, 0.25) is 0 Å². The van der Waals surface area contributed by atoms with Crippen molar-refractivity contribution in [2.24, 2.45) is 4.99 Å². The van der Waals surface area contributed by atoms with Crippen LogP contribution in [0.3, 0.4) is 0 Å². The van der Waals surface area contributed by atoms with Crippen LogP contribution in [0, 0.1) is 0 Å². The molecule has 1 aromatic heterocycles. The number of rotatable bonds is 9. The fourth-order valence-corrected chi connectivity index (χ4v) is 2.47. The van der Waals surface area contributed by atoms with Gasteiger partial charge in [-0.3, -0.25) is 9.98 Å². The molecule has 27 heavy (non-hydrogen) atoms. The predicted molar refractivity (Wildman–Crippen MR) is 120 cm³/mol. The molecule has 0 spiro atoms. The van der Waals surface area contributed by atoms with Crippen molar-refractivity contribution in [3.63, 3.8) is 0 Å². The number of aromatic nitrogens is 1. The molecule has 0 fully saturated rings. The zero-order chi connectivity index (χ0) is 18.6. The maximum Gasteiger partial charge on any atom is 0.191 e. The largest absolute Gasteiger partial charge is 0.490 e. The highest BCUT2D eigenvalue weighted by Gasteiger charge is 2.06. The molecule has 1 heterocycles. The van der Waals surface area contributed by atoms with Gasteiger partial charge in [-0.2, -0.15) is 0 Å². The van der Waals surface area contributed by atoms with Crippen molar-refractivity contribution in [1.29, 1.82) is 0 Å². The fraction of sp³-hybridized carbons (Fsp3) is 0.400. The van der Waals surface area contributed by atoms with Crippen molar-refractivity contribution in [2.45, 2.75) is 26.8 Å². The first-order valence-corrected chi connectivity index (χ1v) is 8.99. The second-order valence-electron chi connectivity index (χ2n) is 5.57. The summed E-state index contributed by atoms with van der Waals surface area (Å²) in [7, 11) is 1.76. The number of hydrogen-bond donors (Lipinski definition) is 2. The van der Waals surface area contributed by atoms with Crippen LogP contribution in [0.4, 0.5) is 0 Å². The van der Waals surface area contributed by atoms with Crippen molar-refractivity contribution in [3.8, 4) is 11.5 Å². The summed E-state index contributed by atoms with van der Waals surface area (Å²) < 4.78 is 11.3. The third-order valence-electron chi connectivity index (χ3n) is 3.70. The molecule has 2 N–H and O–H groups in total. The average molecular weight is 484 g/mol. The SMILES string of the molecule is CCOc1ccc(CCNC(=NC)NCc2ccccn2)cc1OCC.I. The lowest BCUT2D eigenvalue weighted by molar-refractivity contribution is 0.287. The molecule has 1 aromatic carbocycles. The number of halogens is 1. The van der Waals surface area contributed by atoms with Crippen LogP contribution in [-0.4, -0.2) is 37.7 Å². The van der Waals surface area contributed by atoms with E-state index in [1.807, 2.05) is 44.2 Å². The number of pyridine rings is 1. The lowest BCUT2D eigenvalue weighted by atomic mass is 10.1. The second kappa shape index (κ2) is 13.2. The van der Waals surface area contributed by atoms with E-state index in [2.05, 4.69) is 26.7 Å². The maximum absolute atomic E-state index is 5.68. The van der Waals surface area contributed by atoms with E-state index in [9.17, 15) is 0 Å². The Morgan fingerprint density at radius 3 is 2.48 bits per heavy atom. The standard InChI is InChI=1S/C20H28N4O2.HI/c1-4-25-18-10-9-16(14-19(18)26-5-2)11-13-23-20(21-3)24-15-17-8-6-7-12-22-17;/h6-10,12,14H,4-5,11,13,15H2,1-3H3,(H2,21,23,24);1H. The number of guanidine groups is 1. The molecule has 2 aromatic rings. The van der Waals surface area contributed by atoms with Gasteiger partial charge in [0, 0.05) is 19.8 Å². The molecule has 0 amide bonds. The predicted octanol–water partition coefficient (Wildman–Crippen LogP) is 3.40. The summed E-state index contributed by atoms with van der Waals surface area (Å²) in [6.45, 7) is 6.59. The summed E-state index contributed by atoms with van der Waals surface area (Å²) >= 11 is 0. The molecule has 0 saturated carbocycles. The van der Waals surface area contributed by atoms with Gasteiger partial charge in [0.15, 0.2) is 17.5 Å². The maximum atomic E-state index is 5.68. The van der Waals surface area contributed by atoms with Gasteiger partial charge in [0.05, 0.1) is 25.5 Å². The van der Waals surface area contributed by atoms with Gasteiger partial charge >= 0.3 is 0 Å². The highest BCUT2D eigenvalue weighted by molar-refractivity contribution is 14.0. The smallest absolute Gasteiger partial charge is 0.191 e. The van der Waals surface area contributed by atoms with Crippen molar-refractivity contribution in [3.05, 3.63) is 53.9 Å². The van der Waals surface area contributed by atoms with E-state index < -0.39 is 0 Å². The lowest BCUT2D eigenvalue weighted by Gasteiger charge is -2.14. The lowest BCUT2D eigenvalue weighted by Crippen LogP contribution is -2.38. The first kappa shape index (κ1) is 23.0. The van der Waals surface area contributed by atoms with Gasteiger partial charge in [-0.1, -0.05) is 12.1 Å². The number of ether oxygens (including phenoxy) is 2. The highest BCUT2D eigenvalue weighted by atomic mass is 127. The minimum absolute atomic E-state index is 0. The number of nitrogens with one attached hydrogen (secondary N) is 2. The Morgan fingerprint density at radius 1 is 1.04 bits per heavy atom. The van der Waals surface area contributed by atoms with E-state index in [-0.39, 0.29) is 24.0 Å². The first-order chi connectivity index (χ1) is 12.8. The molecule has 0 unspecified atom stereocenters. The molecule has 6 nitrogen and oxygen atoms in total. The van der Waals surface area contributed by atoms with Gasteiger partial charge < -0.3 is 20.1 Å². The van der Waals surface area contributed by atoms with Crippen molar-refractivity contribution < 1.29 is 9.47 Å². The van der Waals surface area contributed by atoms with E-state index in [1.54, 1.807) is 13.2 Å². The molecule has 0 aliphatic carbocycles. The van der Waals surface area contributed by atoms with Crippen LogP contribution < -0.4 is 20.1 Å². The van der Waals surface area contributed by atoms with E-state index in [0.717, 1.165) is 36.1 Å². The van der Waals surface area contributed by atoms with Gasteiger partial charge in [-0.25, -0.2) is 0 Å². The quantitative estimate of drug-likeness (QED) is 0.325. The summed E-state index contributed by atoms with van der Waals surface area (Å²) in [6, 6.07) is 11.9. The van der Waals surface area contributed by atoms with Crippen molar-refractivity contribution in [1.82, 2.24) is 15.6 Å². The van der Waals surface area contributed by atoms with Crippen molar-refractivity contribution in [2.75, 3.05) is 26.8 Å². The first-order valence-electron chi connectivity index (χ1n) is 8.99. The fourth-order valence-electron chi connectivity index (χ4n) is 2.47. The zero-order valence-electron chi connectivity index (χ0n) is 16.2. The molecule has 0 saturated heterocycles. The highest BCUT2D eigenvalue weighted by Crippen LogP contribution is 2.28. The summed E-state index contributed by atoms with van der Waals surface area (Å²) in [5, 5.41) is 6.58. The molecule has 0 aliphatic rings. The Balaban J connectivity index is 0.00000364. The minimum Gasteiger partial charge on any atom is -0.490 e. The summed E-state index contributed by atoms with van der Waals surface area (Å²) in [5.41, 5.74) is 2.16. The van der Waals surface area contributed by atoms with E-state index >= 15 is 0 Å². The van der Waals surface area contributed by atoms with Crippen LogP contribution in [0.15, 0.2) is 47.6 Å². The Hall–Kier alpha value is -2.03. The van der Waals surface area contributed by atoms with E-state index in [4.69, 9.17) is 9.47 Å². The number of nitrogens with zero attached hydrogens (tertiary/aromatic N) is 2. The Morgan fingerprint density at radius 2 is 1.81 bits per heavy atom. The van der Waals surface area contributed by atoms with Crippen LogP contribution in [0.1, 0.15) is 25.1 Å². The van der Waals surface area contributed by atoms with Gasteiger partial charge in [0.1, 0.15) is 0 Å². The van der Waals surface area contributed by atoms with Gasteiger partial charge in [0.2, 0.25) is 0 Å². The third kappa shape index (κ3) is 8.03. The Labute approximate surface area is 178 Å². The Bertz CT molecular complexity index is 696. The molecule has 7 heteroatoms. The summed E-state index contributed by atoms with van der Waals surface area (Å²) in [4.78, 5) is 8.53. The molecule has 0 bridgehead atoms. The topological polar surface area (TPSA) is 67.8 Å². The van der Waals surface area contributed by atoms with Gasteiger partial charge in [-0.15, -0.1) is 24.0 Å². The second-order valence-corrected chi connectivity index (χ2v) is 5.57. The zero-order valence-corrected chi connectivity index (χ0v) is 18.5. The van der Waals surface area contributed by atoms with Gasteiger partial charge in [0.25, 0.3) is 0 Å². The number of aliphatic imine (C=N–C) groups is 1. The minimum atomic E-state index is 0. The molecular weight excluding hydrogens is 455 g/mol. The van der Waals surface area contributed by atoms with Crippen LogP contribution in [-0.2, 0) is 13.0 Å². The normalized spacial score (nSPS) is 10.7. The third-order valence-corrected chi connectivity index (χ3v) is 3.70.